The molecule has 0 saturated carbocycles. The van der Waals surface area contributed by atoms with Crippen molar-refractivity contribution in [3.8, 4) is 11.1 Å². The van der Waals surface area contributed by atoms with Crippen LogP contribution in [0.15, 0.2) is 54.6 Å². The number of nitrogens with zero attached hydrogens (tertiary/aromatic N) is 2. The lowest BCUT2D eigenvalue weighted by molar-refractivity contribution is -0.742. The van der Waals surface area contributed by atoms with Crippen LogP contribution in [0.1, 0.15) is 38.4 Å². The van der Waals surface area contributed by atoms with Crippen molar-refractivity contribution in [1.82, 2.24) is 4.57 Å². The van der Waals surface area contributed by atoms with Crippen LogP contribution in [0.4, 0.5) is 4.39 Å². The molecule has 0 amide bonds. The molecule has 0 aliphatic heterocycles. The lowest BCUT2D eigenvalue weighted by Gasteiger charge is -2.15. The maximum Gasteiger partial charge on any atom is 0.305 e. The lowest BCUT2D eigenvalue weighted by Crippen LogP contribution is -2.19. The number of hydrogen-bond acceptors (Lipinski definition) is 5. The summed E-state index contributed by atoms with van der Waals surface area (Å²) < 4.78 is 15.6. The first-order valence-electron chi connectivity index (χ1n) is 10.5. The van der Waals surface area contributed by atoms with E-state index in [1.807, 2.05) is 24.3 Å². The van der Waals surface area contributed by atoms with E-state index in [0.717, 1.165) is 27.7 Å². The quantitative estimate of drug-likeness (QED) is 0.281. The maximum absolute atomic E-state index is 13.5. The van der Waals surface area contributed by atoms with Crippen molar-refractivity contribution in [2.75, 3.05) is 0 Å². The van der Waals surface area contributed by atoms with Gasteiger partial charge in [-0.1, -0.05) is 36.4 Å². The number of hydrogen-bond donors (Lipinski definition) is 4. The van der Waals surface area contributed by atoms with Crippen molar-refractivity contribution < 1.29 is 34.8 Å². The summed E-state index contributed by atoms with van der Waals surface area (Å²) in [6.07, 6.45) is 0.727. The minimum Gasteiger partial charge on any atom is -0.481 e. The highest BCUT2D eigenvalue weighted by Crippen LogP contribution is 2.38. The van der Waals surface area contributed by atoms with E-state index in [1.165, 1.54) is 12.1 Å². The smallest absolute Gasteiger partial charge is 0.305 e. The zero-order valence-electron chi connectivity index (χ0n) is 18.7. The predicted molar refractivity (Wildman–Crippen MR) is 124 cm³/mol. The lowest BCUT2D eigenvalue weighted by atomic mass is 10.0. The Hall–Kier alpha value is -3.76. The number of aliphatic hydroxyl groups is 2. The fraction of sp³-hybridized carbons (Fsp3) is 0.292. The molecule has 3 aromatic rings. The first-order valence-corrected chi connectivity index (χ1v) is 10.5. The van der Waals surface area contributed by atoms with E-state index >= 15 is 0 Å². The highest BCUT2D eigenvalue weighted by Gasteiger charge is 2.19. The van der Waals surface area contributed by atoms with Crippen LogP contribution in [0.2, 0.25) is 0 Å². The number of carbonyl (C=O) groups is 1. The van der Waals surface area contributed by atoms with E-state index < -0.39 is 29.7 Å². The van der Waals surface area contributed by atoms with Gasteiger partial charge in [-0.25, -0.2) is 4.39 Å². The van der Waals surface area contributed by atoms with Gasteiger partial charge in [0.05, 0.1) is 18.6 Å². The van der Waals surface area contributed by atoms with Gasteiger partial charge in [-0.05, 0) is 43.7 Å². The molecule has 2 atom stereocenters. The van der Waals surface area contributed by atoms with E-state index in [0.29, 0.717) is 0 Å². The molecule has 0 aliphatic rings. The Kier molecular flexibility index (Phi) is 9.28. The molecule has 182 valence electrons. The van der Waals surface area contributed by atoms with E-state index in [9.17, 15) is 19.4 Å². The van der Waals surface area contributed by atoms with Crippen LogP contribution in [0.25, 0.3) is 28.1 Å². The normalized spacial score (nSPS) is 13.0. The second kappa shape index (κ2) is 11.9. The summed E-state index contributed by atoms with van der Waals surface area (Å²) in [7, 11) is 0. The van der Waals surface area contributed by atoms with Crippen molar-refractivity contribution in [1.29, 1.82) is 0 Å². The summed E-state index contributed by atoms with van der Waals surface area (Å²) in [4.78, 5) is 19.1. The Bertz CT molecular complexity index is 1150. The highest BCUT2D eigenvalue weighted by atomic mass is 19.1. The highest BCUT2D eigenvalue weighted by molar-refractivity contribution is 6.01. The van der Waals surface area contributed by atoms with Gasteiger partial charge in [0.2, 0.25) is 0 Å². The summed E-state index contributed by atoms with van der Waals surface area (Å²) in [5, 5.41) is 43.5. The standard InChI is InChI=1S/C24H26FNO4.HNO3/c1-15(2)26-21-6-4-3-5-20(21)24(16-7-9-17(25)10-8-16)22(26)12-11-18(27)13-19(28)14-23(29)30;2-1(3)4/h3-12,15,18-19,27-28H,13-14H2,1-2H3,(H,29,30);(H,2,3,4)/b12-11+;/t18-,19-;/m1./s1. The van der Waals surface area contributed by atoms with Crippen LogP contribution in [0, 0.1) is 15.9 Å². The number of carboxylic acids is 1. The number of aromatic nitrogens is 1. The number of benzene rings is 2. The average molecular weight is 474 g/mol. The third-order valence-corrected chi connectivity index (χ3v) is 5.00. The number of carboxylic acid groups (broad SMARTS) is 1. The molecule has 0 radical (unpaired) electrons. The van der Waals surface area contributed by atoms with Crippen molar-refractivity contribution in [3.05, 3.63) is 76.2 Å². The minimum absolute atomic E-state index is 0.0728. The van der Waals surface area contributed by atoms with E-state index in [1.54, 1.807) is 24.3 Å². The third kappa shape index (κ3) is 7.12. The molecule has 0 aliphatic carbocycles. The van der Waals surface area contributed by atoms with Crippen molar-refractivity contribution in [3.63, 3.8) is 0 Å². The number of aliphatic carboxylic acids is 1. The summed E-state index contributed by atoms with van der Waals surface area (Å²) in [6.45, 7) is 4.12. The van der Waals surface area contributed by atoms with Gasteiger partial charge in [-0.3, -0.25) is 4.79 Å². The molecule has 4 N–H and O–H groups in total. The van der Waals surface area contributed by atoms with Crippen molar-refractivity contribution >= 4 is 22.9 Å². The number of fused-ring (bicyclic) bond motifs is 1. The van der Waals surface area contributed by atoms with Crippen LogP contribution in [-0.4, -0.2) is 48.4 Å². The molecule has 0 spiro atoms. The monoisotopic (exact) mass is 474 g/mol. The van der Waals surface area contributed by atoms with Gasteiger partial charge >= 0.3 is 5.97 Å². The van der Waals surface area contributed by atoms with Gasteiger partial charge in [0.15, 0.2) is 0 Å². The van der Waals surface area contributed by atoms with Crippen LogP contribution in [0.3, 0.4) is 0 Å². The second-order valence-corrected chi connectivity index (χ2v) is 7.90. The second-order valence-electron chi connectivity index (χ2n) is 7.90. The maximum atomic E-state index is 13.5. The molecule has 10 heteroatoms. The van der Waals surface area contributed by atoms with Gasteiger partial charge in [0.1, 0.15) is 5.82 Å². The van der Waals surface area contributed by atoms with Crippen LogP contribution < -0.4 is 0 Å². The molecule has 0 saturated heterocycles. The molecule has 0 fully saturated rings. The average Bonchev–Trinajstić information content (AvgIpc) is 3.06. The number of aliphatic hydroxyl groups excluding tert-OH is 2. The molecule has 1 heterocycles. The predicted octanol–water partition coefficient (Wildman–Crippen LogP) is 4.28. The fourth-order valence-electron chi connectivity index (χ4n) is 3.77. The Morgan fingerprint density at radius 2 is 1.74 bits per heavy atom. The van der Waals surface area contributed by atoms with Crippen molar-refractivity contribution in [2.24, 2.45) is 0 Å². The fourth-order valence-corrected chi connectivity index (χ4v) is 3.77. The van der Waals surface area contributed by atoms with Crippen LogP contribution in [0.5, 0.6) is 0 Å². The molecule has 9 nitrogen and oxygen atoms in total. The van der Waals surface area contributed by atoms with Crippen LogP contribution >= 0.6 is 0 Å². The largest absolute Gasteiger partial charge is 0.481 e. The molecular weight excluding hydrogens is 447 g/mol. The number of rotatable bonds is 8. The Balaban J connectivity index is 0.000000945. The number of para-hydroxylation sites is 1. The molecule has 3 rings (SSSR count). The minimum atomic E-state index is -1.50. The van der Waals surface area contributed by atoms with Gasteiger partial charge in [0.25, 0.3) is 5.09 Å². The Morgan fingerprint density at radius 3 is 2.29 bits per heavy atom. The number of halogens is 1. The summed E-state index contributed by atoms with van der Waals surface area (Å²) in [5.41, 5.74) is 3.65. The summed E-state index contributed by atoms with van der Waals surface area (Å²) in [6, 6.07) is 14.4. The first kappa shape index (κ1) is 26.5. The van der Waals surface area contributed by atoms with Gasteiger partial charge < -0.3 is 25.1 Å². The van der Waals surface area contributed by atoms with E-state index in [2.05, 4.69) is 18.4 Å². The van der Waals surface area contributed by atoms with E-state index in [-0.39, 0.29) is 18.3 Å². The van der Waals surface area contributed by atoms with Gasteiger partial charge in [-0.15, -0.1) is 10.1 Å². The molecule has 34 heavy (non-hydrogen) atoms. The Labute approximate surface area is 195 Å². The first-order chi connectivity index (χ1) is 16.0. The van der Waals surface area contributed by atoms with Crippen LogP contribution in [-0.2, 0) is 4.79 Å². The van der Waals surface area contributed by atoms with E-state index in [4.69, 9.17) is 20.4 Å². The zero-order chi connectivity index (χ0) is 25.4. The van der Waals surface area contributed by atoms with Gasteiger partial charge in [0, 0.05) is 34.6 Å². The molecule has 0 unspecified atom stereocenters. The van der Waals surface area contributed by atoms with Gasteiger partial charge in [-0.2, -0.15) is 0 Å². The summed E-state index contributed by atoms with van der Waals surface area (Å²) >= 11 is 0. The molecule has 1 aromatic heterocycles. The summed E-state index contributed by atoms with van der Waals surface area (Å²) in [5.74, 6) is -1.43. The molecule has 2 aromatic carbocycles. The van der Waals surface area contributed by atoms with Crippen molar-refractivity contribution in [2.45, 2.75) is 44.9 Å². The molecular formula is C24H27FN2O7. The topological polar surface area (TPSA) is 146 Å². The molecule has 0 bridgehead atoms. The Morgan fingerprint density at radius 1 is 1.15 bits per heavy atom. The third-order valence-electron chi connectivity index (χ3n) is 5.00. The SMILES string of the molecule is CC(C)n1c(/C=C/[C@@H](O)C[C@@H](O)CC(=O)O)c(-c2ccc(F)cc2)c2ccccc21.O=[N+]([O-])O. The zero-order valence-corrected chi connectivity index (χ0v) is 18.7.